The largest absolute Gasteiger partial charge is 0.337 e. The molecule has 3 aromatic rings. The van der Waals surface area contributed by atoms with Crippen LogP contribution in [0, 0.1) is 17.2 Å². The number of nitrogens with zero attached hydrogens (tertiary/aromatic N) is 4. The number of nitriles is 1. The number of benzene rings is 1. The molecular formula is C21H21N5OS2. The van der Waals surface area contributed by atoms with Crippen LogP contribution in [0.25, 0.3) is 10.7 Å². The van der Waals surface area contributed by atoms with Crippen LogP contribution in [0.1, 0.15) is 25.3 Å². The lowest BCUT2D eigenvalue weighted by Gasteiger charge is -2.22. The van der Waals surface area contributed by atoms with Gasteiger partial charge in [0.05, 0.1) is 23.2 Å². The number of carbonyl (C=O) groups excluding carboxylic acids is 1. The summed E-state index contributed by atoms with van der Waals surface area (Å²) < 4.78 is 2.05. The summed E-state index contributed by atoms with van der Waals surface area (Å²) in [5.74, 6) is 1.10. The van der Waals surface area contributed by atoms with Crippen molar-refractivity contribution in [3.05, 3.63) is 53.4 Å². The Morgan fingerprint density at radius 3 is 2.76 bits per heavy atom. The fraction of sp³-hybridized carbons (Fsp3) is 0.333. The van der Waals surface area contributed by atoms with Crippen molar-refractivity contribution in [2.24, 2.45) is 5.92 Å². The van der Waals surface area contributed by atoms with E-state index in [-0.39, 0.29) is 17.6 Å². The molecule has 1 fully saturated rings. The van der Waals surface area contributed by atoms with Crippen LogP contribution >= 0.6 is 23.1 Å². The van der Waals surface area contributed by atoms with Crippen molar-refractivity contribution in [2.75, 3.05) is 5.75 Å². The normalized spacial score (nSPS) is 15.4. The summed E-state index contributed by atoms with van der Waals surface area (Å²) in [5, 5.41) is 23.8. The van der Waals surface area contributed by atoms with Gasteiger partial charge in [-0.1, -0.05) is 48.2 Å². The van der Waals surface area contributed by atoms with E-state index in [1.807, 2.05) is 40.3 Å². The first kappa shape index (κ1) is 19.7. The van der Waals surface area contributed by atoms with E-state index in [0.29, 0.717) is 11.7 Å². The monoisotopic (exact) mass is 423 g/mol. The molecule has 0 bridgehead atoms. The van der Waals surface area contributed by atoms with Crippen molar-refractivity contribution >= 4 is 29.0 Å². The van der Waals surface area contributed by atoms with Crippen LogP contribution in [0.5, 0.6) is 0 Å². The number of rotatable bonds is 8. The Bertz CT molecular complexity index is 1020. The topological polar surface area (TPSA) is 83.6 Å². The Balaban J connectivity index is 1.51. The molecule has 1 aliphatic carbocycles. The van der Waals surface area contributed by atoms with Gasteiger partial charge in [0.15, 0.2) is 11.0 Å². The van der Waals surface area contributed by atoms with E-state index in [2.05, 4.69) is 33.7 Å². The van der Waals surface area contributed by atoms with Gasteiger partial charge in [-0.2, -0.15) is 5.26 Å². The molecule has 0 aliphatic heterocycles. The third-order valence-electron chi connectivity index (χ3n) is 5.00. The average Bonchev–Trinajstić information content (AvgIpc) is 3.33. The van der Waals surface area contributed by atoms with Crippen molar-refractivity contribution in [2.45, 2.75) is 37.0 Å². The number of amides is 1. The highest BCUT2D eigenvalue weighted by Crippen LogP contribution is 2.39. The van der Waals surface area contributed by atoms with E-state index in [1.165, 1.54) is 11.8 Å². The summed E-state index contributed by atoms with van der Waals surface area (Å²) in [6, 6.07) is 16.4. The first-order valence-electron chi connectivity index (χ1n) is 9.45. The Labute approximate surface area is 178 Å². The average molecular weight is 424 g/mol. The number of thioether (sulfide) groups is 1. The van der Waals surface area contributed by atoms with Gasteiger partial charge in [0.2, 0.25) is 5.91 Å². The smallest absolute Gasteiger partial charge is 0.231 e. The Kier molecular flexibility index (Phi) is 5.69. The molecular weight excluding hydrogens is 402 g/mol. The second kappa shape index (κ2) is 8.39. The zero-order valence-corrected chi connectivity index (χ0v) is 17.7. The molecule has 2 aromatic heterocycles. The summed E-state index contributed by atoms with van der Waals surface area (Å²) in [6.45, 7) is 2.43. The van der Waals surface area contributed by atoms with E-state index in [0.717, 1.165) is 29.1 Å². The molecule has 0 spiro atoms. The highest BCUT2D eigenvalue weighted by atomic mass is 32.2. The maximum atomic E-state index is 12.5. The molecule has 4 rings (SSSR count). The van der Waals surface area contributed by atoms with Gasteiger partial charge >= 0.3 is 0 Å². The molecule has 148 valence electrons. The van der Waals surface area contributed by atoms with E-state index in [1.54, 1.807) is 18.3 Å². The SMILES string of the molecule is CC(C#N)(NC(=O)CSc1nnc(-c2cccs2)n1Cc1ccccc1)C1CC1. The third-order valence-corrected chi connectivity index (χ3v) is 6.83. The van der Waals surface area contributed by atoms with Crippen molar-refractivity contribution in [1.29, 1.82) is 5.26 Å². The van der Waals surface area contributed by atoms with Gasteiger partial charge in [-0.3, -0.25) is 9.36 Å². The number of aromatic nitrogens is 3. The van der Waals surface area contributed by atoms with Crippen molar-refractivity contribution < 1.29 is 4.79 Å². The van der Waals surface area contributed by atoms with Gasteiger partial charge in [-0.05, 0) is 42.7 Å². The Hall–Kier alpha value is -2.63. The maximum Gasteiger partial charge on any atom is 0.231 e. The molecule has 1 aliphatic rings. The van der Waals surface area contributed by atoms with E-state index < -0.39 is 5.54 Å². The van der Waals surface area contributed by atoms with Crippen LogP contribution in [-0.2, 0) is 11.3 Å². The van der Waals surface area contributed by atoms with Gasteiger partial charge in [0, 0.05) is 0 Å². The van der Waals surface area contributed by atoms with E-state index >= 15 is 0 Å². The summed E-state index contributed by atoms with van der Waals surface area (Å²) in [5.41, 5.74) is 0.361. The molecule has 0 saturated heterocycles. The van der Waals surface area contributed by atoms with E-state index in [9.17, 15) is 10.1 Å². The quantitative estimate of drug-likeness (QED) is 0.555. The third kappa shape index (κ3) is 4.52. The van der Waals surface area contributed by atoms with Crippen LogP contribution in [0.4, 0.5) is 0 Å². The molecule has 29 heavy (non-hydrogen) atoms. The van der Waals surface area contributed by atoms with Crippen LogP contribution in [0.15, 0.2) is 53.0 Å². The summed E-state index contributed by atoms with van der Waals surface area (Å²) in [6.07, 6.45) is 1.99. The van der Waals surface area contributed by atoms with Crippen molar-refractivity contribution in [3.63, 3.8) is 0 Å². The molecule has 1 unspecified atom stereocenters. The second-order valence-corrected chi connectivity index (χ2v) is 9.17. The minimum absolute atomic E-state index is 0.155. The van der Waals surface area contributed by atoms with Gasteiger partial charge < -0.3 is 5.32 Å². The van der Waals surface area contributed by atoms with Crippen LogP contribution in [0.2, 0.25) is 0 Å². The Morgan fingerprint density at radius 1 is 1.31 bits per heavy atom. The van der Waals surface area contributed by atoms with Gasteiger partial charge in [0.1, 0.15) is 5.54 Å². The highest BCUT2D eigenvalue weighted by molar-refractivity contribution is 7.99. The number of hydrogen-bond donors (Lipinski definition) is 1. The molecule has 1 saturated carbocycles. The summed E-state index contributed by atoms with van der Waals surface area (Å²) >= 11 is 2.96. The van der Waals surface area contributed by atoms with Gasteiger partial charge in [-0.25, -0.2) is 0 Å². The minimum atomic E-state index is -0.780. The number of thiophene rings is 1. The first-order chi connectivity index (χ1) is 14.1. The number of nitrogens with one attached hydrogen (secondary N) is 1. The zero-order chi connectivity index (χ0) is 20.3. The standard InChI is InChI=1S/C21H21N5OS2/c1-21(14-22,16-9-10-16)23-18(27)13-29-20-25-24-19(17-8-5-11-28-17)26(20)12-15-6-3-2-4-7-15/h2-8,11,16H,9-10,12-13H2,1H3,(H,23,27). The predicted octanol–water partition coefficient (Wildman–Crippen LogP) is 3.96. The predicted molar refractivity (Wildman–Crippen MR) is 114 cm³/mol. The minimum Gasteiger partial charge on any atom is -0.337 e. The van der Waals surface area contributed by atoms with E-state index in [4.69, 9.17) is 0 Å². The van der Waals surface area contributed by atoms with Gasteiger partial charge in [-0.15, -0.1) is 21.5 Å². The molecule has 8 heteroatoms. The zero-order valence-electron chi connectivity index (χ0n) is 16.0. The van der Waals surface area contributed by atoms with Crippen LogP contribution < -0.4 is 5.32 Å². The van der Waals surface area contributed by atoms with Crippen LogP contribution in [-0.4, -0.2) is 32.0 Å². The fourth-order valence-electron chi connectivity index (χ4n) is 3.23. The fourth-order valence-corrected chi connectivity index (χ4v) is 4.68. The molecule has 1 N–H and O–H groups in total. The molecule has 2 heterocycles. The lowest BCUT2D eigenvalue weighted by molar-refractivity contribution is -0.119. The van der Waals surface area contributed by atoms with Gasteiger partial charge in [0.25, 0.3) is 0 Å². The Morgan fingerprint density at radius 2 is 2.10 bits per heavy atom. The van der Waals surface area contributed by atoms with Crippen molar-refractivity contribution in [1.82, 2.24) is 20.1 Å². The summed E-state index contributed by atoms with van der Waals surface area (Å²) in [7, 11) is 0. The number of hydrogen-bond acceptors (Lipinski definition) is 6. The molecule has 1 aromatic carbocycles. The highest BCUT2D eigenvalue weighted by Gasteiger charge is 2.43. The molecule has 1 amide bonds. The number of carbonyl (C=O) groups is 1. The molecule has 0 radical (unpaired) electrons. The van der Waals surface area contributed by atoms with Crippen LogP contribution in [0.3, 0.4) is 0 Å². The molecule has 6 nitrogen and oxygen atoms in total. The van der Waals surface area contributed by atoms with Crippen molar-refractivity contribution in [3.8, 4) is 16.8 Å². The lowest BCUT2D eigenvalue weighted by Crippen LogP contribution is -2.47. The second-order valence-electron chi connectivity index (χ2n) is 7.28. The first-order valence-corrected chi connectivity index (χ1v) is 11.3. The maximum absolute atomic E-state index is 12.5. The lowest BCUT2D eigenvalue weighted by atomic mass is 9.98. The molecule has 1 atom stereocenters. The summed E-state index contributed by atoms with van der Waals surface area (Å²) in [4.78, 5) is 13.5.